The first-order valence-corrected chi connectivity index (χ1v) is 13.1. The van der Waals surface area contributed by atoms with Gasteiger partial charge in [0.15, 0.2) is 5.82 Å². The van der Waals surface area contributed by atoms with Gasteiger partial charge in [0.25, 0.3) is 0 Å². The Balaban J connectivity index is 1.63. The minimum Gasteiger partial charge on any atom is -0.460 e. The zero-order valence-corrected chi connectivity index (χ0v) is 22.8. The number of rotatable bonds is 4. The quantitative estimate of drug-likeness (QED) is 0.262. The van der Waals surface area contributed by atoms with Crippen LogP contribution in [0, 0.1) is 20.8 Å². The zero-order valence-electron chi connectivity index (χ0n) is 22.0. The third-order valence-corrected chi connectivity index (χ3v) is 7.61. The minimum absolute atomic E-state index is 0.0788. The maximum Gasteiger partial charge on any atom is 0.308 e. The molecule has 3 heterocycles. The number of ether oxygens (including phenoxy) is 1. The average Bonchev–Trinajstić information content (AvgIpc) is 3.31. The molecular weight excluding hydrogens is 482 g/mol. The van der Waals surface area contributed by atoms with E-state index < -0.39 is 11.6 Å². The smallest absolute Gasteiger partial charge is 0.308 e. The topological polar surface area (TPSA) is 95.4 Å². The number of benzene rings is 2. The average molecular weight is 514 g/mol. The first-order valence-electron chi connectivity index (χ1n) is 12.3. The van der Waals surface area contributed by atoms with Crippen LogP contribution in [0.3, 0.4) is 0 Å². The molecule has 0 bridgehead atoms. The van der Waals surface area contributed by atoms with Gasteiger partial charge in [-0.15, -0.1) is 21.5 Å². The molecule has 37 heavy (non-hydrogen) atoms. The molecule has 0 fully saturated rings. The number of anilines is 1. The largest absolute Gasteiger partial charge is 0.460 e. The van der Waals surface area contributed by atoms with Crippen LogP contribution in [0.2, 0.25) is 0 Å². The molecule has 0 saturated carbocycles. The van der Waals surface area contributed by atoms with Crippen LogP contribution in [-0.4, -0.2) is 32.0 Å². The first-order chi connectivity index (χ1) is 17.5. The number of thiophene rings is 1. The number of hydrogen-bond acceptors (Lipinski definition) is 7. The van der Waals surface area contributed by atoms with Crippen LogP contribution in [0.5, 0.6) is 0 Å². The lowest BCUT2D eigenvalue weighted by Crippen LogP contribution is -2.25. The number of carbonyl (C=O) groups excluding carboxylic acids is 1. The van der Waals surface area contributed by atoms with Crippen molar-refractivity contribution in [3.05, 3.63) is 81.7 Å². The van der Waals surface area contributed by atoms with Gasteiger partial charge in [-0.1, -0.05) is 36.4 Å². The van der Waals surface area contributed by atoms with Gasteiger partial charge in [0.05, 0.1) is 12.1 Å². The van der Waals surface area contributed by atoms with Crippen molar-refractivity contribution in [3.8, 4) is 16.1 Å². The fourth-order valence-corrected chi connectivity index (χ4v) is 5.78. The van der Waals surface area contributed by atoms with E-state index in [1.165, 1.54) is 10.4 Å². The van der Waals surface area contributed by atoms with E-state index in [0.717, 1.165) is 44.5 Å². The van der Waals surface area contributed by atoms with Crippen LogP contribution in [-0.2, 0) is 9.53 Å². The van der Waals surface area contributed by atoms with Gasteiger partial charge < -0.3 is 10.5 Å². The van der Waals surface area contributed by atoms with Gasteiger partial charge in [-0.05, 0) is 70.4 Å². The van der Waals surface area contributed by atoms with Crippen LogP contribution in [0.15, 0.2) is 53.5 Å². The summed E-state index contributed by atoms with van der Waals surface area (Å²) in [5, 5.41) is 9.85. The van der Waals surface area contributed by atoms with Crippen molar-refractivity contribution in [1.82, 2.24) is 14.8 Å². The lowest BCUT2D eigenvalue weighted by atomic mass is 9.97. The lowest BCUT2D eigenvalue weighted by Gasteiger charge is -2.21. The fraction of sp³-hybridized carbons (Fsp3) is 0.310. The normalized spacial score (nSPS) is 15.0. The number of nitrogens with two attached hydrogens (primary N) is 1. The Morgan fingerprint density at radius 3 is 2.19 bits per heavy atom. The van der Waals surface area contributed by atoms with Gasteiger partial charge in [0.1, 0.15) is 22.5 Å². The van der Waals surface area contributed by atoms with Gasteiger partial charge in [0.2, 0.25) is 0 Å². The Morgan fingerprint density at radius 2 is 1.57 bits per heavy atom. The molecule has 1 aliphatic heterocycles. The van der Waals surface area contributed by atoms with Crippen molar-refractivity contribution in [2.24, 2.45) is 4.99 Å². The Kier molecular flexibility index (Phi) is 6.23. The molecule has 0 radical (unpaired) electrons. The highest BCUT2D eigenvalue weighted by Gasteiger charge is 2.33. The van der Waals surface area contributed by atoms with Crippen molar-refractivity contribution in [1.29, 1.82) is 0 Å². The van der Waals surface area contributed by atoms with E-state index in [2.05, 4.69) is 48.3 Å². The Morgan fingerprint density at radius 1 is 0.973 bits per heavy atom. The fourth-order valence-electron chi connectivity index (χ4n) is 4.56. The Bertz CT molecular complexity index is 1510. The number of carbonyl (C=O) groups is 1. The molecule has 8 heteroatoms. The number of nitrogens with zero attached hydrogens (tertiary/aromatic N) is 4. The second-order valence-electron chi connectivity index (χ2n) is 10.4. The molecule has 5 rings (SSSR count). The van der Waals surface area contributed by atoms with E-state index in [1.807, 2.05) is 56.5 Å². The molecule has 1 atom stereocenters. The summed E-state index contributed by atoms with van der Waals surface area (Å²) in [6.45, 7) is 11.8. The summed E-state index contributed by atoms with van der Waals surface area (Å²) in [5.74, 6) is 1.10. The molecule has 190 valence electrons. The molecule has 1 aliphatic rings. The van der Waals surface area contributed by atoms with Crippen LogP contribution < -0.4 is 5.73 Å². The summed E-state index contributed by atoms with van der Waals surface area (Å²) >= 11 is 1.70. The van der Waals surface area contributed by atoms with E-state index in [4.69, 9.17) is 15.5 Å². The van der Waals surface area contributed by atoms with E-state index in [9.17, 15) is 4.79 Å². The maximum absolute atomic E-state index is 12.9. The van der Waals surface area contributed by atoms with E-state index in [0.29, 0.717) is 5.82 Å². The van der Waals surface area contributed by atoms with Crippen molar-refractivity contribution in [3.63, 3.8) is 0 Å². The summed E-state index contributed by atoms with van der Waals surface area (Å²) < 4.78 is 7.70. The van der Waals surface area contributed by atoms with E-state index in [1.54, 1.807) is 11.3 Å². The molecule has 7 nitrogen and oxygen atoms in total. The second kappa shape index (κ2) is 9.27. The number of nitrogen functional groups attached to an aromatic ring is 1. The molecule has 4 aromatic rings. The van der Waals surface area contributed by atoms with Crippen LogP contribution in [0.25, 0.3) is 16.1 Å². The van der Waals surface area contributed by atoms with Gasteiger partial charge in [0, 0.05) is 21.7 Å². The van der Waals surface area contributed by atoms with Crippen molar-refractivity contribution in [2.75, 3.05) is 5.73 Å². The summed E-state index contributed by atoms with van der Waals surface area (Å²) in [7, 11) is 0. The summed E-state index contributed by atoms with van der Waals surface area (Å²) in [6.07, 6.45) is 0.0788. The third-order valence-electron chi connectivity index (χ3n) is 6.42. The Labute approximate surface area is 221 Å². The molecule has 2 N–H and O–H groups in total. The standard InChI is InChI=1S/C29H31N5O2S/c1-16-17(2)37-28-25(16)26(21-9-7-19(8-10-21)20-11-13-22(30)14-12-20)31-23(15-24(35)36-29(4,5)6)27-33-32-18(3)34(27)28/h7-14,23H,15,30H2,1-6H3. The highest BCUT2D eigenvalue weighted by atomic mass is 32.1. The maximum atomic E-state index is 12.9. The highest BCUT2D eigenvalue weighted by Crippen LogP contribution is 2.40. The van der Waals surface area contributed by atoms with E-state index >= 15 is 0 Å². The number of esters is 1. The monoisotopic (exact) mass is 513 g/mol. The molecule has 1 unspecified atom stereocenters. The zero-order chi connectivity index (χ0) is 26.5. The molecule has 2 aromatic carbocycles. The van der Waals surface area contributed by atoms with Crippen molar-refractivity contribution in [2.45, 2.75) is 59.6 Å². The van der Waals surface area contributed by atoms with E-state index in [-0.39, 0.29) is 12.4 Å². The number of fused-ring (bicyclic) bond motifs is 3. The van der Waals surface area contributed by atoms with Crippen molar-refractivity contribution < 1.29 is 9.53 Å². The number of aryl methyl sites for hydroxylation is 2. The molecule has 0 aliphatic carbocycles. The second-order valence-corrected chi connectivity index (χ2v) is 11.6. The number of aliphatic imine (C=N–C) groups is 1. The summed E-state index contributed by atoms with van der Waals surface area (Å²) in [5.41, 5.74) is 12.3. The third kappa shape index (κ3) is 4.81. The van der Waals surface area contributed by atoms with Gasteiger partial charge in [-0.25, -0.2) is 0 Å². The van der Waals surface area contributed by atoms with Crippen LogP contribution in [0.1, 0.15) is 66.5 Å². The van der Waals surface area contributed by atoms with Crippen LogP contribution in [0.4, 0.5) is 5.69 Å². The predicted octanol–water partition coefficient (Wildman–Crippen LogP) is 6.13. The van der Waals surface area contributed by atoms with Gasteiger partial charge in [-0.2, -0.15) is 0 Å². The molecular formula is C29H31N5O2S. The van der Waals surface area contributed by atoms with Gasteiger partial charge in [-0.3, -0.25) is 14.4 Å². The van der Waals surface area contributed by atoms with Crippen molar-refractivity contribution >= 4 is 28.7 Å². The molecule has 0 amide bonds. The highest BCUT2D eigenvalue weighted by molar-refractivity contribution is 7.15. The molecule has 0 spiro atoms. The first kappa shape index (κ1) is 24.9. The molecule has 0 saturated heterocycles. The lowest BCUT2D eigenvalue weighted by molar-refractivity contribution is -0.155. The van der Waals surface area contributed by atoms with Gasteiger partial charge >= 0.3 is 5.97 Å². The minimum atomic E-state index is -0.581. The summed E-state index contributed by atoms with van der Waals surface area (Å²) in [6, 6.07) is 15.7. The molecule has 2 aromatic heterocycles. The predicted molar refractivity (Wildman–Crippen MR) is 149 cm³/mol. The van der Waals surface area contributed by atoms with Crippen LogP contribution >= 0.6 is 11.3 Å². The number of aromatic nitrogens is 3. The summed E-state index contributed by atoms with van der Waals surface area (Å²) in [4.78, 5) is 19.3. The Hall–Kier alpha value is -3.78. The SMILES string of the molecule is Cc1sc2c(c1C)C(c1ccc(-c3ccc(N)cc3)cc1)=NC(CC(=O)OC(C)(C)C)c1nnc(C)n1-2. The number of hydrogen-bond donors (Lipinski definition) is 1.